The Bertz CT molecular complexity index is 442. The van der Waals surface area contributed by atoms with Gasteiger partial charge in [0.25, 0.3) is 5.91 Å². The lowest BCUT2D eigenvalue weighted by Gasteiger charge is -2.09. The average molecular weight is 262 g/mol. The first-order valence-corrected chi connectivity index (χ1v) is 6.87. The molecule has 104 valence electrons. The third kappa shape index (κ3) is 4.24. The molecule has 0 radical (unpaired) electrons. The highest BCUT2D eigenvalue weighted by Gasteiger charge is 2.19. The van der Waals surface area contributed by atoms with Crippen LogP contribution in [0.5, 0.6) is 5.75 Å². The SMILES string of the molecule is COc1cc(C(=O)NCCCNC2CC2)ccc1C. The third-order valence-electron chi connectivity index (χ3n) is 3.32. The Balaban J connectivity index is 1.75. The zero-order valence-electron chi connectivity index (χ0n) is 11.7. The van der Waals surface area contributed by atoms with Gasteiger partial charge in [-0.3, -0.25) is 4.79 Å². The molecule has 2 N–H and O–H groups in total. The van der Waals surface area contributed by atoms with Gasteiger partial charge in [0.15, 0.2) is 0 Å². The van der Waals surface area contributed by atoms with Gasteiger partial charge in [-0.05, 0) is 50.4 Å². The van der Waals surface area contributed by atoms with Crippen LogP contribution in [0.2, 0.25) is 0 Å². The molecule has 0 spiro atoms. The van der Waals surface area contributed by atoms with Crippen LogP contribution < -0.4 is 15.4 Å². The highest BCUT2D eigenvalue weighted by molar-refractivity contribution is 5.94. The van der Waals surface area contributed by atoms with Crippen molar-refractivity contribution >= 4 is 5.91 Å². The van der Waals surface area contributed by atoms with Gasteiger partial charge in [0, 0.05) is 18.2 Å². The predicted octanol–water partition coefficient (Wildman–Crippen LogP) is 1.88. The van der Waals surface area contributed by atoms with Crippen molar-refractivity contribution in [3.8, 4) is 5.75 Å². The summed E-state index contributed by atoms with van der Waals surface area (Å²) in [6, 6.07) is 6.25. The molecule has 1 amide bonds. The standard InChI is InChI=1S/C15H22N2O2/c1-11-4-5-12(10-14(11)19-2)15(18)17-9-3-8-16-13-6-7-13/h4-5,10,13,16H,3,6-9H2,1-2H3,(H,17,18). The number of nitrogens with one attached hydrogen (secondary N) is 2. The van der Waals surface area contributed by atoms with Gasteiger partial charge in [-0.2, -0.15) is 0 Å². The quantitative estimate of drug-likeness (QED) is 0.738. The molecule has 0 aromatic heterocycles. The Morgan fingerprint density at radius 3 is 2.84 bits per heavy atom. The Labute approximate surface area is 114 Å². The van der Waals surface area contributed by atoms with Crippen molar-refractivity contribution in [1.29, 1.82) is 0 Å². The summed E-state index contributed by atoms with van der Waals surface area (Å²) in [6.07, 6.45) is 3.57. The molecule has 19 heavy (non-hydrogen) atoms. The van der Waals surface area contributed by atoms with E-state index in [1.54, 1.807) is 13.2 Å². The van der Waals surface area contributed by atoms with Gasteiger partial charge in [0.1, 0.15) is 5.75 Å². The molecule has 2 rings (SSSR count). The number of rotatable bonds is 7. The lowest BCUT2D eigenvalue weighted by molar-refractivity contribution is 0.0953. The Morgan fingerprint density at radius 2 is 2.16 bits per heavy atom. The molecule has 0 unspecified atom stereocenters. The average Bonchev–Trinajstić information content (AvgIpc) is 3.22. The van der Waals surface area contributed by atoms with Crippen LogP contribution in [0, 0.1) is 6.92 Å². The van der Waals surface area contributed by atoms with Crippen molar-refractivity contribution in [2.45, 2.75) is 32.2 Å². The van der Waals surface area contributed by atoms with E-state index in [-0.39, 0.29) is 5.91 Å². The number of methoxy groups -OCH3 is 1. The number of amides is 1. The van der Waals surface area contributed by atoms with E-state index >= 15 is 0 Å². The molecule has 1 aliphatic carbocycles. The molecule has 1 aliphatic rings. The molecule has 1 aromatic carbocycles. The monoisotopic (exact) mass is 262 g/mol. The van der Waals surface area contributed by atoms with Crippen molar-refractivity contribution in [1.82, 2.24) is 10.6 Å². The molecule has 0 bridgehead atoms. The van der Waals surface area contributed by atoms with E-state index in [4.69, 9.17) is 4.74 Å². The van der Waals surface area contributed by atoms with Crippen LogP contribution in [0.4, 0.5) is 0 Å². The second-order valence-corrected chi connectivity index (χ2v) is 5.02. The molecule has 1 aromatic rings. The van der Waals surface area contributed by atoms with Crippen LogP contribution in [-0.4, -0.2) is 32.1 Å². The van der Waals surface area contributed by atoms with Gasteiger partial charge in [-0.25, -0.2) is 0 Å². The number of carbonyl (C=O) groups is 1. The minimum Gasteiger partial charge on any atom is -0.496 e. The van der Waals surface area contributed by atoms with E-state index in [0.29, 0.717) is 12.1 Å². The molecule has 0 heterocycles. The van der Waals surface area contributed by atoms with Crippen LogP contribution in [0.25, 0.3) is 0 Å². The summed E-state index contributed by atoms with van der Waals surface area (Å²) in [5.41, 5.74) is 1.69. The number of benzene rings is 1. The second-order valence-electron chi connectivity index (χ2n) is 5.02. The van der Waals surface area contributed by atoms with E-state index in [2.05, 4.69) is 10.6 Å². The van der Waals surface area contributed by atoms with Crippen LogP contribution in [0.3, 0.4) is 0 Å². The summed E-state index contributed by atoms with van der Waals surface area (Å²) in [5.74, 6) is 0.716. The fourth-order valence-corrected chi connectivity index (χ4v) is 1.95. The van der Waals surface area contributed by atoms with Crippen molar-refractivity contribution in [2.24, 2.45) is 0 Å². The predicted molar refractivity (Wildman–Crippen MR) is 75.7 cm³/mol. The maximum atomic E-state index is 11.9. The highest BCUT2D eigenvalue weighted by atomic mass is 16.5. The topological polar surface area (TPSA) is 50.4 Å². The van der Waals surface area contributed by atoms with E-state index in [1.165, 1.54) is 12.8 Å². The van der Waals surface area contributed by atoms with Crippen LogP contribution in [0.15, 0.2) is 18.2 Å². The van der Waals surface area contributed by atoms with Gasteiger partial charge in [-0.1, -0.05) is 6.07 Å². The van der Waals surface area contributed by atoms with Crippen molar-refractivity contribution in [3.05, 3.63) is 29.3 Å². The Kier molecular flexibility index (Phi) is 4.80. The number of aryl methyl sites for hydroxylation is 1. The Morgan fingerprint density at radius 1 is 1.37 bits per heavy atom. The van der Waals surface area contributed by atoms with Crippen molar-refractivity contribution in [3.63, 3.8) is 0 Å². The first kappa shape index (κ1) is 13.9. The summed E-state index contributed by atoms with van der Waals surface area (Å²) in [4.78, 5) is 11.9. The molecule has 0 atom stereocenters. The van der Waals surface area contributed by atoms with Crippen LogP contribution in [0.1, 0.15) is 35.2 Å². The number of hydrogen-bond acceptors (Lipinski definition) is 3. The molecule has 1 fully saturated rings. The number of carbonyl (C=O) groups excluding carboxylic acids is 1. The third-order valence-corrected chi connectivity index (χ3v) is 3.32. The van der Waals surface area contributed by atoms with Crippen molar-refractivity contribution < 1.29 is 9.53 Å². The number of hydrogen-bond donors (Lipinski definition) is 2. The second kappa shape index (κ2) is 6.57. The van der Waals surface area contributed by atoms with Gasteiger partial charge < -0.3 is 15.4 Å². The molecular weight excluding hydrogens is 240 g/mol. The molecule has 0 saturated heterocycles. The molecular formula is C15H22N2O2. The Hall–Kier alpha value is -1.55. The summed E-state index contributed by atoms with van der Waals surface area (Å²) in [5, 5.41) is 6.35. The molecule has 4 nitrogen and oxygen atoms in total. The van der Waals surface area contributed by atoms with Crippen molar-refractivity contribution in [2.75, 3.05) is 20.2 Å². The van der Waals surface area contributed by atoms with Gasteiger partial charge in [0.05, 0.1) is 7.11 Å². The first-order valence-electron chi connectivity index (χ1n) is 6.87. The van der Waals surface area contributed by atoms with E-state index in [9.17, 15) is 4.79 Å². The molecule has 1 saturated carbocycles. The fraction of sp³-hybridized carbons (Fsp3) is 0.533. The van der Waals surface area contributed by atoms with Crippen LogP contribution >= 0.6 is 0 Å². The fourth-order valence-electron chi connectivity index (χ4n) is 1.95. The van der Waals surface area contributed by atoms with E-state index < -0.39 is 0 Å². The molecule has 0 aliphatic heterocycles. The smallest absolute Gasteiger partial charge is 0.251 e. The lowest BCUT2D eigenvalue weighted by atomic mass is 10.1. The van der Waals surface area contributed by atoms with Crippen LogP contribution in [-0.2, 0) is 0 Å². The lowest BCUT2D eigenvalue weighted by Crippen LogP contribution is -2.27. The normalized spacial score (nSPS) is 14.2. The summed E-state index contributed by atoms with van der Waals surface area (Å²) < 4.78 is 5.22. The van der Waals surface area contributed by atoms with E-state index in [0.717, 1.165) is 30.3 Å². The van der Waals surface area contributed by atoms with Gasteiger partial charge in [0.2, 0.25) is 0 Å². The molecule has 4 heteroatoms. The zero-order chi connectivity index (χ0) is 13.7. The maximum absolute atomic E-state index is 11.9. The van der Waals surface area contributed by atoms with Gasteiger partial charge in [-0.15, -0.1) is 0 Å². The number of ether oxygens (including phenoxy) is 1. The van der Waals surface area contributed by atoms with E-state index in [1.807, 2.05) is 19.1 Å². The minimum absolute atomic E-state index is 0.0373. The zero-order valence-corrected chi connectivity index (χ0v) is 11.7. The largest absolute Gasteiger partial charge is 0.496 e. The summed E-state index contributed by atoms with van der Waals surface area (Å²) in [7, 11) is 1.62. The summed E-state index contributed by atoms with van der Waals surface area (Å²) >= 11 is 0. The summed E-state index contributed by atoms with van der Waals surface area (Å²) in [6.45, 7) is 3.64. The minimum atomic E-state index is -0.0373. The first-order chi connectivity index (χ1) is 9.20. The maximum Gasteiger partial charge on any atom is 0.251 e. The highest BCUT2D eigenvalue weighted by Crippen LogP contribution is 2.19. The van der Waals surface area contributed by atoms with Gasteiger partial charge >= 0.3 is 0 Å².